The molecule has 0 aromatic rings. The number of ether oxygens (including phenoxy) is 1. The van der Waals surface area contributed by atoms with Crippen molar-refractivity contribution in [2.45, 2.75) is 38.8 Å². The Hall–Kier alpha value is -0.830. The van der Waals surface area contributed by atoms with Crippen LogP contribution in [0, 0.1) is 17.8 Å². The van der Waals surface area contributed by atoms with Crippen LogP contribution in [0.2, 0.25) is 0 Å². The maximum atomic E-state index is 12.1. The highest BCUT2D eigenvalue weighted by Crippen LogP contribution is 2.44. The van der Waals surface area contributed by atoms with E-state index in [1.165, 1.54) is 12.8 Å². The van der Waals surface area contributed by atoms with Gasteiger partial charge in [0, 0.05) is 13.1 Å². The summed E-state index contributed by atoms with van der Waals surface area (Å²) in [5.41, 5.74) is 0. The molecule has 17 heavy (non-hydrogen) atoms. The standard InChI is InChI=1S/C14H21NO2/c1-10(15-6-2-3-7-15)17-14(16)13-9-11-4-5-12(13)8-11/h4-5,10-13H,2-3,6-9H2,1H3. The first-order valence-corrected chi connectivity index (χ1v) is 6.87. The van der Waals surface area contributed by atoms with Crippen molar-refractivity contribution in [2.75, 3.05) is 13.1 Å². The van der Waals surface area contributed by atoms with Crippen molar-refractivity contribution in [1.82, 2.24) is 4.90 Å². The second-order valence-electron chi connectivity index (χ2n) is 5.67. The number of carbonyl (C=O) groups excluding carboxylic acids is 1. The van der Waals surface area contributed by atoms with Gasteiger partial charge in [-0.2, -0.15) is 0 Å². The van der Waals surface area contributed by atoms with Crippen LogP contribution in [-0.4, -0.2) is 30.2 Å². The Balaban J connectivity index is 1.54. The predicted molar refractivity (Wildman–Crippen MR) is 65.2 cm³/mol. The third-order valence-corrected chi connectivity index (χ3v) is 4.52. The van der Waals surface area contributed by atoms with Crippen LogP contribution < -0.4 is 0 Å². The van der Waals surface area contributed by atoms with E-state index in [4.69, 9.17) is 4.74 Å². The number of esters is 1. The lowest BCUT2D eigenvalue weighted by Crippen LogP contribution is -2.36. The molecule has 3 heteroatoms. The van der Waals surface area contributed by atoms with Crippen LogP contribution >= 0.6 is 0 Å². The number of likely N-dealkylation sites (tertiary alicyclic amines) is 1. The van der Waals surface area contributed by atoms with Gasteiger partial charge >= 0.3 is 5.97 Å². The molecule has 1 aliphatic heterocycles. The fourth-order valence-electron chi connectivity index (χ4n) is 3.49. The Morgan fingerprint density at radius 2 is 2.06 bits per heavy atom. The van der Waals surface area contributed by atoms with Gasteiger partial charge in [-0.25, -0.2) is 0 Å². The Bertz CT molecular complexity index is 333. The zero-order chi connectivity index (χ0) is 11.8. The molecule has 94 valence electrons. The third kappa shape index (κ3) is 2.13. The Morgan fingerprint density at radius 3 is 2.65 bits per heavy atom. The second kappa shape index (κ2) is 4.45. The molecule has 1 saturated heterocycles. The van der Waals surface area contributed by atoms with Crippen molar-refractivity contribution in [2.24, 2.45) is 17.8 Å². The van der Waals surface area contributed by atoms with Crippen molar-refractivity contribution in [3.63, 3.8) is 0 Å². The van der Waals surface area contributed by atoms with Gasteiger partial charge in [-0.05, 0) is 44.4 Å². The van der Waals surface area contributed by atoms with E-state index in [0.717, 1.165) is 25.9 Å². The molecule has 2 aliphatic carbocycles. The van der Waals surface area contributed by atoms with Crippen LogP contribution in [0.4, 0.5) is 0 Å². The molecule has 2 fully saturated rings. The van der Waals surface area contributed by atoms with Crippen molar-refractivity contribution in [1.29, 1.82) is 0 Å². The number of hydrogen-bond acceptors (Lipinski definition) is 3. The average molecular weight is 235 g/mol. The van der Waals surface area contributed by atoms with Crippen LogP contribution in [0.3, 0.4) is 0 Å². The molecule has 3 aliphatic rings. The van der Waals surface area contributed by atoms with Gasteiger partial charge in [-0.3, -0.25) is 9.69 Å². The zero-order valence-corrected chi connectivity index (χ0v) is 10.5. The van der Waals surface area contributed by atoms with Crippen LogP contribution in [-0.2, 0) is 9.53 Å². The lowest BCUT2D eigenvalue weighted by Gasteiger charge is -2.26. The minimum absolute atomic E-state index is 0.0289. The predicted octanol–water partition coefficient (Wildman–Crippen LogP) is 2.18. The van der Waals surface area contributed by atoms with Gasteiger partial charge in [0.05, 0.1) is 5.92 Å². The summed E-state index contributed by atoms with van der Waals surface area (Å²) in [6.45, 7) is 4.16. The third-order valence-electron chi connectivity index (χ3n) is 4.52. The quantitative estimate of drug-likeness (QED) is 0.554. The van der Waals surface area contributed by atoms with E-state index in [2.05, 4.69) is 17.1 Å². The average Bonchev–Trinajstić information content (AvgIpc) is 3.05. The molecule has 0 aromatic heterocycles. The van der Waals surface area contributed by atoms with E-state index in [0.29, 0.717) is 11.8 Å². The number of carbonyl (C=O) groups is 1. The highest BCUT2D eigenvalue weighted by atomic mass is 16.6. The Labute approximate surface area is 103 Å². The van der Waals surface area contributed by atoms with E-state index in [1.807, 2.05) is 6.92 Å². The monoisotopic (exact) mass is 235 g/mol. The molecule has 0 aromatic carbocycles. The Kier molecular flexibility index (Phi) is 2.95. The molecule has 1 heterocycles. The van der Waals surface area contributed by atoms with E-state index in [1.54, 1.807) is 0 Å². The first-order valence-electron chi connectivity index (χ1n) is 6.87. The summed E-state index contributed by atoms with van der Waals surface area (Å²) in [4.78, 5) is 14.4. The number of fused-ring (bicyclic) bond motifs is 2. The van der Waals surface area contributed by atoms with Gasteiger partial charge in [0.2, 0.25) is 0 Å². The molecule has 0 amide bonds. The number of hydrogen-bond donors (Lipinski definition) is 0. The molecule has 3 nitrogen and oxygen atoms in total. The normalized spacial score (nSPS) is 37.6. The lowest BCUT2D eigenvalue weighted by atomic mass is 9.94. The van der Waals surface area contributed by atoms with Crippen molar-refractivity contribution >= 4 is 5.97 Å². The van der Waals surface area contributed by atoms with Crippen LogP contribution in [0.1, 0.15) is 32.6 Å². The summed E-state index contributed by atoms with van der Waals surface area (Å²) >= 11 is 0. The highest BCUT2D eigenvalue weighted by molar-refractivity contribution is 5.74. The van der Waals surface area contributed by atoms with Crippen LogP contribution in [0.15, 0.2) is 12.2 Å². The summed E-state index contributed by atoms with van der Waals surface area (Å²) in [6, 6.07) is 0. The number of rotatable bonds is 3. The maximum absolute atomic E-state index is 12.1. The van der Waals surface area contributed by atoms with Gasteiger partial charge in [-0.15, -0.1) is 0 Å². The van der Waals surface area contributed by atoms with Gasteiger partial charge in [0.15, 0.2) is 6.23 Å². The number of nitrogens with zero attached hydrogens (tertiary/aromatic N) is 1. The lowest BCUT2D eigenvalue weighted by molar-refractivity contribution is -0.162. The molecule has 2 bridgehead atoms. The van der Waals surface area contributed by atoms with E-state index < -0.39 is 0 Å². The van der Waals surface area contributed by atoms with Gasteiger partial charge in [0.25, 0.3) is 0 Å². The van der Waals surface area contributed by atoms with Gasteiger partial charge < -0.3 is 4.74 Å². The smallest absolute Gasteiger partial charge is 0.311 e. The van der Waals surface area contributed by atoms with Crippen molar-refractivity contribution < 1.29 is 9.53 Å². The van der Waals surface area contributed by atoms with Crippen LogP contribution in [0.25, 0.3) is 0 Å². The molecular formula is C14H21NO2. The molecule has 3 rings (SSSR count). The van der Waals surface area contributed by atoms with E-state index in [9.17, 15) is 4.79 Å². The SMILES string of the molecule is CC(OC(=O)C1CC2C=CC1C2)N1CCCC1. The molecule has 4 atom stereocenters. The van der Waals surface area contributed by atoms with Crippen molar-refractivity contribution in [3.05, 3.63) is 12.2 Å². The molecular weight excluding hydrogens is 214 g/mol. The summed E-state index contributed by atoms with van der Waals surface area (Å²) in [5, 5.41) is 0. The van der Waals surface area contributed by atoms with Crippen molar-refractivity contribution in [3.8, 4) is 0 Å². The minimum atomic E-state index is -0.0342. The first kappa shape index (κ1) is 11.3. The topological polar surface area (TPSA) is 29.5 Å². The first-order chi connectivity index (χ1) is 8.24. The molecule has 1 saturated carbocycles. The molecule has 0 spiro atoms. The minimum Gasteiger partial charge on any atom is -0.446 e. The number of allylic oxidation sites excluding steroid dienone is 2. The summed E-state index contributed by atoms with van der Waals surface area (Å²) < 4.78 is 5.62. The van der Waals surface area contributed by atoms with Crippen LogP contribution in [0.5, 0.6) is 0 Å². The molecule has 4 unspecified atom stereocenters. The summed E-state index contributed by atoms with van der Waals surface area (Å²) in [5.74, 6) is 1.26. The fourth-order valence-corrected chi connectivity index (χ4v) is 3.49. The fraction of sp³-hybridized carbons (Fsp3) is 0.786. The Morgan fingerprint density at radius 1 is 1.29 bits per heavy atom. The van der Waals surface area contributed by atoms with Gasteiger partial charge in [0.1, 0.15) is 0 Å². The van der Waals surface area contributed by atoms with E-state index in [-0.39, 0.29) is 18.1 Å². The summed E-state index contributed by atoms with van der Waals surface area (Å²) in [7, 11) is 0. The largest absolute Gasteiger partial charge is 0.446 e. The van der Waals surface area contributed by atoms with Gasteiger partial charge in [-0.1, -0.05) is 12.2 Å². The maximum Gasteiger partial charge on any atom is 0.311 e. The van der Waals surface area contributed by atoms with E-state index >= 15 is 0 Å². The zero-order valence-electron chi connectivity index (χ0n) is 10.5. The molecule has 0 N–H and O–H groups in total. The molecule has 0 radical (unpaired) electrons. The summed E-state index contributed by atoms with van der Waals surface area (Å²) in [6.07, 6.45) is 9.08. The highest BCUT2D eigenvalue weighted by Gasteiger charge is 2.41. The second-order valence-corrected chi connectivity index (χ2v) is 5.67.